The van der Waals surface area contributed by atoms with Gasteiger partial charge in [0.05, 0.1) is 5.71 Å². The van der Waals surface area contributed by atoms with Crippen molar-refractivity contribution in [2.45, 2.75) is 58.1 Å². The summed E-state index contributed by atoms with van der Waals surface area (Å²) in [5.41, 5.74) is 1.24. The number of rotatable bonds is 2. The minimum atomic E-state index is -0.842. The van der Waals surface area contributed by atoms with Crippen molar-refractivity contribution < 1.29 is 9.53 Å². The molecule has 3 heteroatoms. The van der Waals surface area contributed by atoms with Crippen LogP contribution in [0.3, 0.4) is 0 Å². The van der Waals surface area contributed by atoms with Crippen molar-refractivity contribution in [2.75, 3.05) is 0 Å². The highest BCUT2D eigenvalue weighted by Crippen LogP contribution is 2.66. The second kappa shape index (κ2) is 5.21. The van der Waals surface area contributed by atoms with Crippen LogP contribution in [0, 0.1) is 17.3 Å². The molecular weight excluding hydrogens is 334 g/mol. The van der Waals surface area contributed by atoms with Gasteiger partial charge in [-0.15, -0.1) is 0 Å². The number of nitrogens with zero attached hydrogens (tertiary/aromatic N) is 1. The molecule has 2 aliphatic carbocycles. The van der Waals surface area contributed by atoms with E-state index in [9.17, 15) is 4.79 Å². The Morgan fingerprint density at radius 1 is 1.04 bits per heavy atom. The van der Waals surface area contributed by atoms with Gasteiger partial charge in [-0.25, -0.2) is 4.79 Å². The summed E-state index contributed by atoms with van der Waals surface area (Å²) in [6, 6.07) is 14.6. The van der Waals surface area contributed by atoms with Crippen LogP contribution >= 0.6 is 0 Å². The van der Waals surface area contributed by atoms with E-state index < -0.39 is 11.1 Å². The van der Waals surface area contributed by atoms with Gasteiger partial charge in [0, 0.05) is 6.42 Å². The molecule has 2 aromatic carbocycles. The number of hydrogen-bond acceptors (Lipinski definition) is 3. The molecule has 0 aromatic heterocycles. The molecule has 2 aromatic rings. The number of ether oxygens (including phenoxy) is 1. The van der Waals surface area contributed by atoms with E-state index in [0.717, 1.165) is 24.1 Å². The fraction of sp³-hybridized carbons (Fsp3) is 0.500. The summed E-state index contributed by atoms with van der Waals surface area (Å²) in [6.07, 6.45) is 2.45. The molecule has 0 radical (unpaired) electrons. The zero-order chi connectivity index (χ0) is 19.0. The Labute approximate surface area is 160 Å². The lowest BCUT2D eigenvalue weighted by Crippen LogP contribution is -2.55. The van der Waals surface area contributed by atoms with E-state index in [2.05, 4.69) is 51.1 Å². The highest BCUT2D eigenvalue weighted by Gasteiger charge is 2.65. The molecule has 3 nitrogen and oxygen atoms in total. The number of hydrogen-bond donors (Lipinski definition) is 0. The largest absolute Gasteiger partial charge is 0.451 e. The first-order valence-corrected chi connectivity index (χ1v) is 10.0. The zero-order valence-electron chi connectivity index (χ0n) is 16.6. The average molecular weight is 361 g/mol. The molecule has 0 saturated heterocycles. The van der Waals surface area contributed by atoms with Gasteiger partial charge in [-0.3, -0.25) is 4.99 Å². The van der Waals surface area contributed by atoms with Crippen LogP contribution < -0.4 is 0 Å². The number of aliphatic imine (C=N–C) groups is 1. The van der Waals surface area contributed by atoms with Gasteiger partial charge in [0.15, 0.2) is 5.54 Å². The molecule has 0 unspecified atom stereocenters. The highest BCUT2D eigenvalue weighted by molar-refractivity contribution is 6.01. The first kappa shape index (κ1) is 17.0. The number of carbonyl (C=O) groups excluding carboxylic acids is 1. The van der Waals surface area contributed by atoms with Crippen LogP contribution in [0.15, 0.2) is 47.5 Å². The molecule has 4 atom stereocenters. The molecule has 27 heavy (non-hydrogen) atoms. The molecule has 1 heterocycles. The normalized spacial score (nSPS) is 36.4. The van der Waals surface area contributed by atoms with E-state index >= 15 is 0 Å². The summed E-state index contributed by atoms with van der Waals surface area (Å²) in [5.74, 6) is 1.15. The van der Waals surface area contributed by atoms with E-state index in [1.807, 2.05) is 19.1 Å². The molecule has 5 rings (SSSR count). The second-order valence-electron chi connectivity index (χ2n) is 9.71. The third-order valence-corrected chi connectivity index (χ3v) is 7.48. The number of carbonyl (C=O) groups is 1. The van der Waals surface area contributed by atoms with E-state index in [0.29, 0.717) is 23.7 Å². The number of esters is 1. The summed E-state index contributed by atoms with van der Waals surface area (Å²) in [4.78, 5) is 18.1. The van der Waals surface area contributed by atoms with Gasteiger partial charge in [-0.05, 0) is 60.3 Å². The second-order valence-corrected chi connectivity index (χ2v) is 9.71. The Balaban J connectivity index is 1.53. The zero-order valence-corrected chi connectivity index (χ0v) is 16.6. The molecular formula is C24H27NO2. The van der Waals surface area contributed by atoms with E-state index in [-0.39, 0.29) is 5.97 Å². The molecule has 2 fully saturated rings. The molecule has 2 saturated carbocycles. The summed E-state index contributed by atoms with van der Waals surface area (Å²) in [6.45, 7) is 8.67. The Hall–Kier alpha value is -2.16. The maximum absolute atomic E-state index is 13.1. The predicted molar refractivity (Wildman–Crippen MR) is 108 cm³/mol. The van der Waals surface area contributed by atoms with E-state index in [4.69, 9.17) is 9.73 Å². The van der Waals surface area contributed by atoms with Crippen LogP contribution in [0.25, 0.3) is 10.8 Å². The lowest BCUT2D eigenvalue weighted by Gasteiger charge is -2.42. The quantitative estimate of drug-likeness (QED) is 0.709. The van der Waals surface area contributed by atoms with Gasteiger partial charge in [0.2, 0.25) is 0 Å². The van der Waals surface area contributed by atoms with Crippen molar-refractivity contribution >= 4 is 22.5 Å². The van der Waals surface area contributed by atoms with Gasteiger partial charge < -0.3 is 4.74 Å². The van der Waals surface area contributed by atoms with E-state index in [1.54, 1.807) is 0 Å². The Kier molecular flexibility index (Phi) is 3.28. The molecule has 0 N–H and O–H groups in total. The molecule has 0 bridgehead atoms. The SMILES string of the molecule is CC1(C)[C@@H]2CC3=N[C@@](C)(Cc4cccc5ccccc45)C(=O)O[C@@]3(C)C[C@@H]21. The minimum absolute atomic E-state index is 0.182. The van der Waals surface area contributed by atoms with Crippen molar-refractivity contribution in [3.05, 3.63) is 48.0 Å². The summed E-state index contributed by atoms with van der Waals surface area (Å²) < 4.78 is 6.10. The molecule has 1 aliphatic heterocycles. The van der Waals surface area contributed by atoms with Crippen LogP contribution in [0.2, 0.25) is 0 Å². The third kappa shape index (κ3) is 2.40. The maximum atomic E-state index is 13.1. The van der Waals surface area contributed by atoms with Crippen LogP contribution in [-0.4, -0.2) is 22.8 Å². The van der Waals surface area contributed by atoms with Gasteiger partial charge >= 0.3 is 5.97 Å². The summed E-state index contributed by atoms with van der Waals surface area (Å²) in [5, 5.41) is 2.38. The molecule has 3 aliphatic rings. The van der Waals surface area contributed by atoms with Crippen molar-refractivity contribution in [1.29, 1.82) is 0 Å². The summed E-state index contributed by atoms with van der Waals surface area (Å²) in [7, 11) is 0. The smallest absolute Gasteiger partial charge is 0.334 e. The van der Waals surface area contributed by atoms with Gasteiger partial charge in [-0.1, -0.05) is 56.3 Å². The number of fused-ring (bicyclic) bond motifs is 3. The molecule has 0 amide bonds. The standard InChI is InChI=1S/C24H27NO2/c1-22(2)18-12-20-24(4,14-19(18)22)27-21(26)23(3,25-20)13-16-10-7-9-15-8-5-6-11-17(15)16/h5-11,18-19H,12-14H2,1-4H3/t18-,19+,23+,24+/m1/s1. The van der Waals surface area contributed by atoms with Crippen molar-refractivity contribution in [3.8, 4) is 0 Å². The monoisotopic (exact) mass is 361 g/mol. The van der Waals surface area contributed by atoms with Crippen LogP contribution in [0.1, 0.15) is 46.1 Å². The lowest BCUT2D eigenvalue weighted by atomic mass is 9.80. The first-order chi connectivity index (χ1) is 12.7. The Morgan fingerprint density at radius 3 is 2.59 bits per heavy atom. The van der Waals surface area contributed by atoms with Crippen molar-refractivity contribution in [1.82, 2.24) is 0 Å². The Morgan fingerprint density at radius 2 is 1.78 bits per heavy atom. The lowest BCUT2D eigenvalue weighted by molar-refractivity contribution is -0.162. The van der Waals surface area contributed by atoms with Crippen molar-refractivity contribution in [3.63, 3.8) is 0 Å². The van der Waals surface area contributed by atoms with E-state index in [1.165, 1.54) is 10.8 Å². The average Bonchev–Trinajstić information content (AvgIpc) is 3.13. The van der Waals surface area contributed by atoms with Crippen molar-refractivity contribution in [2.24, 2.45) is 22.2 Å². The van der Waals surface area contributed by atoms with Gasteiger partial charge in [0.25, 0.3) is 0 Å². The molecule has 140 valence electrons. The predicted octanol–water partition coefficient (Wildman–Crippen LogP) is 4.96. The minimum Gasteiger partial charge on any atom is -0.451 e. The maximum Gasteiger partial charge on any atom is 0.334 e. The third-order valence-electron chi connectivity index (χ3n) is 7.48. The Bertz CT molecular complexity index is 986. The molecule has 0 spiro atoms. The van der Waals surface area contributed by atoms with Crippen LogP contribution in [-0.2, 0) is 16.0 Å². The highest BCUT2D eigenvalue weighted by atomic mass is 16.6. The van der Waals surface area contributed by atoms with Gasteiger partial charge in [-0.2, -0.15) is 0 Å². The van der Waals surface area contributed by atoms with Crippen LogP contribution in [0.4, 0.5) is 0 Å². The number of benzene rings is 2. The van der Waals surface area contributed by atoms with Gasteiger partial charge in [0.1, 0.15) is 5.60 Å². The fourth-order valence-corrected chi connectivity index (χ4v) is 5.48. The summed E-state index contributed by atoms with van der Waals surface area (Å²) >= 11 is 0. The topological polar surface area (TPSA) is 38.7 Å². The fourth-order valence-electron chi connectivity index (χ4n) is 5.48. The first-order valence-electron chi connectivity index (χ1n) is 10.0. The van der Waals surface area contributed by atoms with Crippen LogP contribution in [0.5, 0.6) is 0 Å².